The fourth-order valence-corrected chi connectivity index (χ4v) is 3.19. The summed E-state index contributed by atoms with van der Waals surface area (Å²) in [5.41, 5.74) is 0.593. The summed E-state index contributed by atoms with van der Waals surface area (Å²) in [5, 5.41) is 0.0236. The molecule has 1 unspecified atom stereocenters. The maximum Gasteiger partial charge on any atom is 0.370 e. The summed E-state index contributed by atoms with van der Waals surface area (Å²) in [5.74, 6) is 0. The van der Waals surface area contributed by atoms with Crippen LogP contribution in [0.3, 0.4) is 0 Å². The Balaban J connectivity index is 2.30. The van der Waals surface area contributed by atoms with E-state index in [9.17, 15) is 9.28 Å². The predicted molar refractivity (Wildman–Crippen MR) is 82.5 cm³/mol. The first-order valence-corrected chi connectivity index (χ1v) is 7.84. The van der Waals surface area contributed by atoms with Crippen LogP contribution < -0.4 is 4.90 Å². The molecular formula is C12H14Cl2FN3O2S. The molecule has 0 bridgehead atoms. The minimum Gasteiger partial charge on any atom is -0.385 e. The number of carbonyl (C=O) groups excluding carboxylic acids is 1. The summed E-state index contributed by atoms with van der Waals surface area (Å²) < 4.78 is 19.4. The summed E-state index contributed by atoms with van der Waals surface area (Å²) >= 11 is 12.2. The molecule has 1 aromatic rings. The Bertz CT molecular complexity index is 483. The van der Waals surface area contributed by atoms with Crippen LogP contribution in [0.2, 0.25) is 0 Å². The van der Waals surface area contributed by atoms with E-state index in [1.807, 2.05) is 6.07 Å². The molecule has 2 rings (SSSR count). The summed E-state index contributed by atoms with van der Waals surface area (Å²) in [6, 6.07) is 8.06. The lowest BCUT2D eigenvalue weighted by atomic mass is 10.2. The number of nitrogens with zero attached hydrogens (tertiary/aromatic N) is 3. The van der Waals surface area contributed by atoms with Gasteiger partial charge in [-0.15, -0.1) is 4.41 Å². The molecule has 21 heavy (non-hydrogen) atoms. The molecule has 5 nitrogen and oxygen atoms in total. The first-order chi connectivity index (χ1) is 10.1. The van der Waals surface area contributed by atoms with Crippen molar-refractivity contribution in [3.05, 3.63) is 30.3 Å². The number of hydrazine groups is 1. The quantitative estimate of drug-likeness (QED) is 0.442. The fourth-order valence-electron chi connectivity index (χ4n) is 2.04. The van der Waals surface area contributed by atoms with Gasteiger partial charge >= 0.3 is 6.03 Å². The van der Waals surface area contributed by atoms with Gasteiger partial charge in [0.1, 0.15) is 6.17 Å². The molecule has 0 aliphatic carbocycles. The number of para-hydroxylation sites is 1. The molecule has 1 saturated heterocycles. The van der Waals surface area contributed by atoms with Gasteiger partial charge in [-0.25, -0.2) is 4.79 Å². The van der Waals surface area contributed by atoms with Gasteiger partial charge < -0.3 is 4.74 Å². The normalized spacial score (nSPS) is 19.9. The van der Waals surface area contributed by atoms with Gasteiger partial charge in [-0.2, -0.15) is 0 Å². The molecule has 1 aliphatic heterocycles. The van der Waals surface area contributed by atoms with Crippen molar-refractivity contribution in [3.63, 3.8) is 0 Å². The SMILES string of the molecule is COCCC1N(c2ccccc2)C(=O)N(F)N1SC(Cl)Cl. The van der Waals surface area contributed by atoms with Crippen molar-refractivity contribution in [2.24, 2.45) is 0 Å². The van der Waals surface area contributed by atoms with Gasteiger partial charge in [0.05, 0.1) is 0 Å². The van der Waals surface area contributed by atoms with Gasteiger partial charge in [0.2, 0.25) is 0 Å². The summed E-state index contributed by atoms with van der Waals surface area (Å²) in [4.78, 5) is 13.5. The highest BCUT2D eigenvalue weighted by Crippen LogP contribution is 2.38. The molecule has 116 valence electrons. The second kappa shape index (κ2) is 7.51. The molecule has 0 saturated carbocycles. The maximum atomic E-state index is 14.1. The topological polar surface area (TPSA) is 36.0 Å². The van der Waals surface area contributed by atoms with Gasteiger partial charge in [0.15, 0.2) is 4.17 Å². The van der Waals surface area contributed by atoms with E-state index >= 15 is 0 Å². The van der Waals surface area contributed by atoms with E-state index in [1.54, 1.807) is 31.4 Å². The largest absolute Gasteiger partial charge is 0.385 e. The molecule has 2 amide bonds. The molecular weight excluding hydrogens is 340 g/mol. The van der Waals surface area contributed by atoms with E-state index in [2.05, 4.69) is 0 Å². The smallest absolute Gasteiger partial charge is 0.370 e. The van der Waals surface area contributed by atoms with Crippen molar-refractivity contribution in [2.45, 2.75) is 16.8 Å². The van der Waals surface area contributed by atoms with Crippen molar-refractivity contribution in [1.82, 2.24) is 9.65 Å². The maximum absolute atomic E-state index is 14.1. The predicted octanol–water partition coefficient (Wildman–Crippen LogP) is 3.80. The zero-order valence-electron chi connectivity index (χ0n) is 11.2. The Hall–Kier alpha value is -0.730. The van der Waals surface area contributed by atoms with Gasteiger partial charge in [0.25, 0.3) is 0 Å². The zero-order valence-corrected chi connectivity index (χ0v) is 13.5. The molecule has 1 heterocycles. The van der Waals surface area contributed by atoms with Crippen LogP contribution in [0, 0.1) is 0 Å². The average molecular weight is 354 g/mol. The number of amides is 2. The number of benzene rings is 1. The van der Waals surface area contributed by atoms with E-state index in [0.29, 0.717) is 18.7 Å². The monoisotopic (exact) mass is 353 g/mol. The number of hydrogen-bond donors (Lipinski definition) is 0. The van der Waals surface area contributed by atoms with Crippen LogP contribution in [0.15, 0.2) is 30.3 Å². The number of urea groups is 1. The molecule has 0 aromatic heterocycles. The third kappa shape index (κ3) is 3.73. The molecule has 0 radical (unpaired) electrons. The van der Waals surface area contributed by atoms with Crippen LogP contribution in [0.5, 0.6) is 0 Å². The standard InChI is InChI=1S/C12H14Cl2FN3O2S/c1-20-8-7-10-16(9-5-3-2-4-6-9)12(19)17(15)18(10)21-11(13)14/h2-6,10-11H,7-8H2,1H3. The Labute approximate surface area is 136 Å². The van der Waals surface area contributed by atoms with Gasteiger partial charge in [-0.05, 0) is 24.1 Å². The van der Waals surface area contributed by atoms with Gasteiger partial charge in [0, 0.05) is 25.8 Å². The second-order valence-electron chi connectivity index (χ2n) is 4.18. The Morgan fingerprint density at radius 2 is 2.05 bits per heavy atom. The van der Waals surface area contributed by atoms with E-state index < -0.39 is 16.4 Å². The molecule has 9 heteroatoms. The second-order valence-corrected chi connectivity index (χ2v) is 6.85. The molecule has 1 fully saturated rings. The number of rotatable bonds is 6. The number of halogens is 3. The highest BCUT2D eigenvalue weighted by atomic mass is 35.5. The third-order valence-corrected chi connectivity index (χ3v) is 4.13. The highest BCUT2D eigenvalue weighted by molar-refractivity contribution is 8.00. The number of ether oxygens (including phenoxy) is 1. The van der Waals surface area contributed by atoms with Gasteiger partial charge in [-0.1, -0.05) is 51.1 Å². The van der Waals surface area contributed by atoms with Crippen LogP contribution in [0.1, 0.15) is 6.42 Å². The number of carbonyl (C=O) groups is 1. The molecule has 0 spiro atoms. The van der Waals surface area contributed by atoms with Crippen molar-refractivity contribution in [2.75, 3.05) is 18.6 Å². The van der Waals surface area contributed by atoms with Crippen molar-refractivity contribution < 1.29 is 14.0 Å². The Morgan fingerprint density at radius 3 is 2.62 bits per heavy atom. The van der Waals surface area contributed by atoms with E-state index in [1.165, 1.54) is 4.90 Å². The Morgan fingerprint density at radius 1 is 1.38 bits per heavy atom. The summed E-state index contributed by atoms with van der Waals surface area (Å²) in [6.45, 7) is 0.363. The number of methoxy groups -OCH3 is 1. The lowest BCUT2D eigenvalue weighted by Gasteiger charge is -2.27. The minimum atomic E-state index is -0.892. The number of hydrogen-bond acceptors (Lipinski definition) is 4. The van der Waals surface area contributed by atoms with E-state index in [4.69, 9.17) is 27.9 Å². The molecule has 1 aliphatic rings. The van der Waals surface area contributed by atoms with Crippen molar-refractivity contribution in [1.29, 1.82) is 0 Å². The summed E-state index contributed by atoms with van der Waals surface area (Å²) in [7, 11) is 1.54. The van der Waals surface area contributed by atoms with Crippen LogP contribution in [0.4, 0.5) is 15.0 Å². The van der Waals surface area contributed by atoms with Crippen LogP contribution in [0.25, 0.3) is 0 Å². The summed E-state index contributed by atoms with van der Waals surface area (Å²) in [6.07, 6.45) is -0.166. The van der Waals surface area contributed by atoms with Gasteiger partial charge in [-0.3, -0.25) is 4.90 Å². The molecule has 0 N–H and O–H groups in total. The first-order valence-electron chi connectivity index (χ1n) is 6.13. The van der Waals surface area contributed by atoms with Crippen molar-refractivity contribution >= 4 is 46.9 Å². The van der Waals surface area contributed by atoms with Crippen LogP contribution in [-0.2, 0) is 4.74 Å². The minimum absolute atomic E-state index is 0.0236. The lowest BCUT2D eigenvalue weighted by Crippen LogP contribution is -2.38. The Kier molecular flexibility index (Phi) is 5.95. The highest BCUT2D eigenvalue weighted by Gasteiger charge is 2.47. The molecule has 1 aromatic carbocycles. The zero-order chi connectivity index (χ0) is 15.4. The fraction of sp³-hybridized carbons (Fsp3) is 0.417. The van der Waals surface area contributed by atoms with E-state index in [-0.39, 0.29) is 5.23 Å². The van der Waals surface area contributed by atoms with Crippen molar-refractivity contribution in [3.8, 4) is 0 Å². The third-order valence-electron chi connectivity index (χ3n) is 2.89. The number of alkyl halides is 2. The lowest BCUT2D eigenvalue weighted by molar-refractivity contribution is -0.0489. The van der Waals surface area contributed by atoms with E-state index in [0.717, 1.165) is 16.4 Å². The van der Waals surface area contributed by atoms with Crippen LogP contribution >= 0.6 is 35.1 Å². The number of anilines is 1. The molecule has 1 atom stereocenters. The first kappa shape index (κ1) is 16.6. The average Bonchev–Trinajstić information content (AvgIpc) is 2.70. The van der Waals surface area contributed by atoms with Crippen LogP contribution in [-0.4, -0.2) is 39.7 Å².